The van der Waals surface area contributed by atoms with Crippen molar-refractivity contribution in [1.82, 2.24) is 4.72 Å². The maximum absolute atomic E-state index is 13.6. The Bertz CT molecular complexity index is 584. The van der Waals surface area contributed by atoms with Crippen LogP contribution in [0.1, 0.15) is 18.4 Å². The minimum atomic E-state index is -3.75. The van der Waals surface area contributed by atoms with Crippen LogP contribution in [-0.2, 0) is 14.8 Å². The van der Waals surface area contributed by atoms with Crippen LogP contribution in [0.2, 0.25) is 0 Å². The van der Waals surface area contributed by atoms with Crippen molar-refractivity contribution in [2.45, 2.75) is 24.7 Å². The average Bonchev–Trinajstić information content (AvgIpc) is 2.42. The molecule has 0 spiro atoms. The highest BCUT2D eigenvalue weighted by molar-refractivity contribution is 7.89. The molecule has 1 aromatic rings. The number of nitrogens with one attached hydrogen (secondary N) is 1. The summed E-state index contributed by atoms with van der Waals surface area (Å²) in [5.74, 6) is -0.360. The molecule has 0 saturated carbocycles. The van der Waals surface area contributed by atoms with Crippen molar-refractivity contribution in [3.8, 4) is 0 Å². The van der Waals surface area contributed by atoms with Crippen LogP contribution in [0, 0.1) is 18.7 Å². The lowest BCUT2D eigenvalue weighted by atomic mass is 10.0. The van der Waals surface area contributed by atoms with Crippen molar-refractivity contribution in [1.29, 1.82) is 0 Å². The van der Waals surface area contributed by atoms with Gasteiger partial charge in [-0.1, -0.05) is 0 Å². The van der Waals surface area contributed by atoms with Gasteiger partial charge in [-0.25, -0.2) is 17.5 Å². The molecule has 1 aromatic carbocycles. The van der Waals surface area contributed by atoms with E-state index in [1.807, 2.05) is 0 Å². The molecule has 0 atom stereocenters. The van der Waals surface area contributed by atoms with E-state index in [0.29, 0.717) is 19.8 Å². The highest BCUT2D eigenvalue weighted by Gasteiger charge is 2.22. The summed E-state index contributed by atoms with van der Waals surface area (Å²) in [5.41, 5.74) is 5.69. The van der Waals surface area contributed by atoms with Gasteiger partial charge in [0.25, 0.3) is 0 Å². The summed E-state index contributed by atoms with van der Waals surface area (Å²) in [6.45, 7) is 3.07. The number of ether oxygens (including phenoxy) is 1. The van der Waals surface area contributed by atoms with Crippen LogP contribution in [0.15, 0.2) is 17.0 Å². The van der Waals surface area contributed by atoms with Crippen molar-refractivity contribution in [3.63, 3.8) is 0 Å². The second kappa shape index (κ2) is 6.07. The van der Waals surface area contributed by atoms with Gasteiger partial charge in [-0.05, 0) is 37.8 Å². The number of halogens is 1. The van der Waals surface area contributed by atoms with E-state index in [-0.39, 0.29) is 22.1 Å². The molecule has 5 nitrogen and oxygen atoms in total. The monoisotopic (exact) mass is 302 g/mol. The summed E-state index contributed by atoms with van der Waals surface area (Å²) < 4.78 is 45.8. The van der Waals surface area contributed by atoms with Gasteiger partial charge in [0.05, 0.1) is 4.90 Å². The number of hydrogen-bond donors (Lipinski definition) is 2. The Hall–Kier alpha value is -1.18. The van der Waals surface area contributed by atoms with Crippen molar-refractivity contribution >= 4 is 15.7 Å². The van der Waals surface area contributed by atoms with Gasteiger partial charge in [0.1, 0.15) is 5.82 Å². The third kappa shape index (κ3) is 3.47. The Kier molecular flexibility index (Phi) is 4.62. The van der Waals surface area contributed by atoms with Gasteiger partial charge in [-0.3, -0.25) is 0 Å². The molecule has 1 saturated heterocycles. The standard InChI is InChI=1S/C13H19FN2O3S/c1-9-12(14)6-11(15)7-13(9)20(17,18)16-8-10-2-4-19-5-3-10/h6-7,10,16H,2-5,8,15H2,1H3. The second-order valence-electron chi connectivity index (χ2n) is 5.03. The van der Waals surface area contributed by atoms with E-state index in [0.717, 1.165) is 18.9 Å². The van der Waals surface area contributed by atoms with E-state index in [9.17, 15) is 12.8 Å². The number of nitrogen functional groups attached to an aromatic ring is 1. The van der Waals surface area contributed by atoms with E-state index in [1.54, 1.807) is 0 Å². The lowest BCUT2D eigenvalue weighted by Gasteiger charge is -2.22. The van der Waals surface area contributed by atoms with Crippen LogP contribution in [0.25, 0.3) is 0 Å². The zero-order valence-corrected chi connectivity index (χ0v) is 12.2. The number of rotatable bonds is 4. The maximum atomic E-state index is 13.6. The van der Waals surface area contributed by atoms with Gasteiger partial charge in [0.15, 0.2) is 0 Å². The highest BCUT2D eigenvalue weighted by atomic mass is 32.2. The minimum Gasteiger partial charge on any atom is -0.399 e. The fourth-order valence-corrected chi connectivity index (χ4v) is 3.61. The Balaban J connectivity index is 2.14. The normalized spacial score (nSPS) is 17.3. The van der Waals surface area contributed by atoms with E-state index < -0.39 is 15.8 Å². The first-order valence-electron chi connectivity index (χ1n) is 6.53. The third-order valence-electron chi connectivity index (χ3n) is 3.51. The summed E-state index contributed by atoms with van der Waals surface area (Å²) in [5, 5.41) is 0. The number of benzene rings is 1. The summed E-state index contributed by atoms with van der Waals surface area (Å²) >= 11 is 0. The molecule has 1 aliphatic rings. The summed E-state index contributed by atoms with van der Waals surface area (Å²) in [4.78, 5) is -0.0953. The largest absolute Gasteiger partial charge is 0.399 e. The number of nitrogens with two attached hydrogens (primary N) is 1. The van der Waals surface area contributed by atoms with Gasteiger partial charge >= 0.3 is 0 Å². The molecule has 2 rings (SSSR count). The van der Waals surface area contributed by atoms with Crippen molar-refractivity contribution in [2.75, 3.05) is 25.5 Å². The van der Waals surface area contributed by atoms with Crippen LogP contribution in [-0.4, -0.2) is 28.2 Å². The van der Waals surface area contributed by atoms with Gasteiger partial charge in [-0.15, -0.1) is 0 Å². The van der Waals surface area contributed by atoms with Crippen molar-refractivity contribution < 1.29 is 17.5 Å². The zero-order valence-electron chi connectivity index (χ0n) is 11.4. The van der Waals surface area contributed by atoms with Gasteiger partial charge < -0.3 is 10.5 Å². The fourth-order valence-electron chi connectivity index (χ4n) is 2.21. The second-order valence-corrected chi connectivity index (χ2v) is 6.77. The number of hydrogen-bond acceptors (Lipinski definition) is 4. The van der Waals surface area contributed by atoms with E-state index in [1.165, 1.54) is 13.0 Å². The molecule has 0 bridgehead atoms. The molecule has 1 fully saturated rings. The number of sulfonamides is 1. The van der Waals surface area contributed by atoms with Crippen LogP contribution in [0.4, 0.5) is 10.1 Å². The molecule has 0 aromatic heterocycles. The number of anilines is 1. The molecule has 7 heteroatoms. The molecule has 20 heavy (non-hydrogen) atoms. The van der Waals surface area contributed by atoms with E-state index in [4.69, 9.17) is 10.5 Å². The predicted octanol–water partition coefficient (Wildman–Crippen LogP) is 1.42. The SMILES string of the molecule is Cc1c(F)cc(N)cc1S(=O)(=O)NCC1CCOCC1. The van der Waals surface area contributed by atoms with Gasteiger partial charge in [0.2, 0.25) is 10.0 Å². The Morgan fingerprint density at radius 1 is 1.40 bits per heavy atom. The molecule has 3 N–H and O–H groups in total. The first-order chi connectivity index (χ1) is 9.40. The van der Waals surface area contributed by atoms with Crippen LogP contribution in [0.5, 0.6) is 0 Å². The summed E-state index contributed by atoms with van der Waals surface area (Å²) in [7, 11) is -3.75. The Morgan fingerprint density at radius 2 is 2.05 bits per heavy atom. The Labute approximate surface area is 118 Å². The lowest BCUT2D eigenvalue weighted by Crippen LogP contribution is -2.32. The molecule has 0 amide bonds. The molecular weight excluding hydrogens is 283 g/mol. The summed E-state index contributed by atoms with van der Waals surface area (Å²) in [6, 6.07) is 2.40. The van der Waals surface area contributed by atoms with Crippen LogP contribution < -0.4 is 10.5 Å². The third-order valence-corrected chi connectivity index (χ3v) is 5.06. The zero-order chi connectivity index (χ0) is 14.8. The first-order valence-corrected chi connectivity index (χ1v) is 8.01. The molecule has 1 aliphatic heterocycles. The van der Waals surface area contributed by atoms with Crippen molar-refractivity contribution in [2.24, 2.45) is 5.92 Å². The highest BCUT2D eigenvalue weighted by Crippen LogP contribution is 2.22. The van der Waals surface area contributed by atoms with Crippen LogP contribution in [0.3, 0.4) is 0 Å². The quantitative estimate of drug-likeness (QED) is 0.824. The van der Waals surface area contributed by atoms with Crippen molar-refractivity contribution in [3.05, 3.63) is 23.5 Å². The minimum absolute atomic E-state index is 0.0821. The van der Waals surface area contributed by atoms with E-state index >= 15 is 0 Å². The fraction of sp³-hybridized carbons (Fsp3) is 0.538. The lowest BCUT2D eigenvalue weighted by molar-refractivity contribution is 0.0678. The van der Waals surface area contributed by atoms with Crippen LogP contribution >= 0.6 is 0 Å². The molecule has 0 unspecified atom stereocenters. The molecule has 1 heterocycles. The predicted molar refractivity (Wildman–Crippen MR) is 74.3 cm³/mol. The smallest absolute Gasteiger partial charge is 0.241 e. The molecular formula is C13H19FN2O3S. The van der Waals surface area contributed by atoms with Gasteiger partial charge in [0, 0.05) is 31.0 Å². The van der Waals surface area contributed by atoms with Gasteiger partial charge in [-0.2, -0.15) is 0 Å². The molecule has 0 aliphatic carbocycles. The Morgan fingerprint density at radius 3 is 2.70 bits per heavy atom. The van der Waals surface area contributed by atoms with E-state index in [2.05, 4.69) is 4.72 Å². The topological polar surface area (TPSA) is 81.4 Å². The molecule has 112 valence electrons. The molecule has 0 radical (unpaired) electrons. The average molecular weight is 302 g/mol. The first kappa shape index (κ1) is 15.2. The summed E-state index contributed by atoms with van der Waals surface area (Å²) in [6.07, 6.45) is 1.65. The maximum Gasteiger partial charge on any atom is 0.241 e.